The van der Waals surface area contributed by atoms with Gasteiger partial charge < -0.3 is 4.42 Å². The van der Waals surface area contributed by atoms with Crippen molar-refractivity contribution in [3.05, 3.63) is 12.0 Å². The summed E-state index contributed by atoms with van der Waals surface area (Å²) in [7, 11) is 0. The minimum Gasteiger partial charge on any atom is -0.440 e. The SMILES string of the molecule is Cc1coc(SCC(Cl)C#N)n1. The van der Waals surface area contributed by atoms with Crippen LogP contribution in [0.2, 0.25) is 0 Å². The molecule has 5 heteroatoms. The zero-order chi connectivity index (χ0) is 8.97. The summed E-state index contributed by atoms with van der Waals surface area (Å²) >= 11 is 6.91. The van der Waals surface area contributed by atoms with Gasteiger partial charge in [0, 0.05) is 5.75 Å². The molecule has 0 radical (unpaired) electrons. The predicted octanol–water partition coefficient (Wildman–Crippen LogP) is 2.21. The average Bonchev–Trinajstić information content (AvgIpc) is 2.47. The molecule has 0 fully saturated rings. The lowest BCUT2D eigenvalue weighted by atomic mass is 10.5. The number of nitriles is 1. The number of hydrogen-bond donors (Lipinski definition) is 0. The van der Waals surface area contributed by atoms with Crippen LogP contribution in [-0.4, -0.2) is 16.1 Å². The summed E-state index contributed by atoms with van der Waals surface area (Å²) in [6, 6.07) is 1.92. The quantitative estimate of drug-likeness (QED) is 0.557. The summed E-state index contributed by atoms with van der Waals surface area (Å²) in [5.74, 6) is 0.498. The Morgan fingerprint density at radius 1 is 1.92 bits per heavy atom. The fraction of sp³-hybridized carbons (Fsp3) is 0.429. The number of halogens is 1. The van der Waals surface area contributed by atoms with Gasteiger partial charge in [0.2, 0.25) is 0 Å². The molecule has 1 unspecified atom stereocenters. The third-order valence-electron chi connectivity index (χ3n) is 1.09. The second kappa shape index (κ2) is 4.39. The van der Waals surface area contributed by atoms with Crippen LogP contribution in [0.1, 0.15) is 5.69 Å². The molecule has 0 aliphatic carbocycles. The molecule has 3 nitrogen and oxygen atoms in total. The van der Waals surface area contributed by atoms with Crippen molar-refractivity contribution in [2.24, 2.45) is 0 Å². The topological polar surface area (TPSA) is 49.8 Å². The highest BCUT2D eigenvalue weighted by molar-refractivity contribution is 7.99. The normalized spacial score (nSPS) is 12.4. The number of nitrogens with zero attached hydrogens (tertiary/aromatic N) is 2. The van der Waals surface area contributed by atoms with Crippen LogP contribution >= 0.6 is 23.4 Å². The molecule has 0 saturated heterocycles. The van der Waals surface area contributed by atoms with Crippen LogP contribution in [0.5, 0.6) is 0 Å². The van der Waals surface area contributed by atoms with Gasteiger partial charge in [-0.1, -0.05) is 11.8 Å². The van der Waals surface area contributed by atoms with Crippen molar-refractivity contribution in [2.45, 2.75) is 17.5 Å². The lowest BCUT2D eigenvalue weighted by Gasteiger charge is -1.94. The Morgan fingerprint density at radius 2 is 2.67 bits per heavy atom. The van der Waals surface area contributed by atoms with E-state index in [0.29, 0.717) is 11.0 Å². The lowest BCUT2D eigenvalue weighted by molar-refractivity contribution is 0.454. The average molecular weight is 203 g/mol. The Kier molecular flexibility index (Phi) is 3.45. The molecule has 0 bridgehead atoms. The molecule has 0 N–H and O–H groups in total. The Labute approximate surface area is 79.7 Å². The molecule has 0 spiro atoms. The van der Waals surface area contributed by atoms with E-state index in [9.17, 15) is 0 Å². The van der Waals surface area contributed by atoms with Crippen LogP contribution in [0.4, 0.5) is 0 Å². The second-order valence-corrected chi connectivity index (χ2v) is 3.66. The van der Waals surface area contributed by atoms with E-state index in [-0.39, 0.29) is 0 Å². The van der Waals surface area contributed by atoms with Crippen molar-refractivity contribution in [3.63, 3.8) is 0 Å². The van der Waals surface area contributed by atoms with E-state index in [2.05, 4.69) is 4.98 Å². The largest absolute Gasteiger partial charge is 0.440 e. The van der Waals surface area contributed by atoms with Gasteiger partial charge in [0.1, 0.15) is 11.6 Å². The van der Waals surface area contributed by atoms with Crippen LogP contribution in [-0.2, 0) is 0 Å². The summed E-state index contributed by atoms with van der Waals surface area (Å²) in [6.45, 7) is 1.84. The highest BCUT2D eigenvalue weighted by Gasteiger charge is 2.06. The van der Waals surface area contributed by atoms with Crippen molar-refractivity contribution in [3.8, 4) is 6.07 Å². The summed E-state index contributed by atoms with van der Waals surface area (Å²) in [5.41, 5.74) is 0.834. The maximum absolute atomic E-state index is 8.37. The van der Waals surface area contributed by atoms with Gasteiger partial charge in [-0.15, -0.1) is 11.6 Å². The summed E-state index contributed by atoms with van der Waals surface area (Å²) < 4.78 is 5.04. The minimum absolute atomic E-state index is 0.484. The molecule has 1 atom stereocenters. The number of aryl methyl sites for hydroxylation is 1. The van der Waals surface area contributed by atoms with Crippen LogP contribution < -0.4 is 0 Å². The van der Waals surface area contributed by atoms with Crippen LogP contribution in [0.3, 0.4) is 0 Å². The first kappa shape index (κ1) is 9.43. The Morgan fingerprint density at radius 3 is 3.17 bits per heavy atom. The third-order valence-corrected chi connectivity index (χ3v) is 2.46. The fourth-order valence-corrected chi connectivity index (χ4v) is 1.46. The number of alkyl halides is 1. The summed E-state index contributed by atoms with van der Waals surface area (Å²) in [6.07, 6.45) is 1.57. The van der Waals surface area contributed by atoms with E-state index >= 15 is 0 Å². The first-order valence-electron chi connectivity index (χ1n) is 3.31. The smallest absolute Gasteiger partial charge is 0.255 e. The van der Waals surface area contributed by atoms with Crippen LogP contribution in [0.15, 0.2) is 15.9 Å². The first-order valence-corrected chi connectivity index (χ1v) is 4.73. The van der Waals surface area contributed by atoms with Gasteiger partial charge in [0.05, 0.1) is 11.8 Å². The zero-order valence-corrected chi connectivity index (χ0v) is 8.02. The van der Waals surface area contributed by atoms with Gasteiger partial charge >= 0.3 is 0 Å². The first-order chi connectivity index (χ1) is 5.72. The van der Waals surface area contributed by atoms with Crippen molar-refractivity contribution in [1.82, 2.24) is 4.98 Å². The van der Waals surface area contributed by atoms with Crippen molar-refractivity contribution in [1.29, 1.82) is 5.26 Å². The van der Waals surface area contributed by atoms with Gasteiger partial charge in [-0.2, -0.15) is 5.26 Å². The molecule has 0 saturated carbocycles. The minimum atomic E-state index is -0.484. The van der Waals surface area contributed by atoms with E-state index < -0.39 is 5.38 Å². The monoisotopic (exact) mass is 202 g/mol. The number of rotatable bonds is 3. The van der Waals surface area contributed by atoms with Gasteiger partial charge in [-0.05, 0) is 6.92 Å². The molecular formula is C7H7ClN2OS. The highest BCUT2D eigenvalue weighted by atomic mass is 35.5. The molecule has 1 heterocycles. The number of thioether (sulfide) groups is 1. The molecule has 0 aromatic carbocycles. The second-order valence-electron chi connectivity index (χ2n) is 2.16. The maximum atomic E-state index is 8.37. The summed E-state index contributed by atoms with van der Waals surface area (Å²) in [4.78, 5) is 4.05. The van der Waals surface area contributed by atoms with Gasteiger partial charge in [0.25, 0.3) is 5.22 Å². The number of aromatic nitrogens is 1. The molecule has 1 rings (SSSR count). The molecule has 0 aliphatic rings. The molecule has 64 valence electrons. The lowest BCUT2D eigenvalue weighted by Crippen LogP contribution is -1.96. The maximum Gasteiger partial charge on any atom is 0.255 e. The zero-order valence-electron chi connectivity index (χ0n) is 6.45. The molecule has 1 aromatic rings. The highest BCUT2D eigenvalue weighted by Crippen LogP contribution is 2.18. The number of oxazole rings is 1. The Bertz CT molecular complexity index is 294. The standard InChI is InChI=1S/C7H7ClN2OS/c1-5-3-11-7(10-5)12-4-6(8)2-9/h3,6H,4H2,1H3. The number of hydrogen-bond acceptors (Lipinski definition) is 4. The third kappa shape index (κ3) is 2.76. The fourth-order valence-electron chi connectivity index (χ4n) is 0.580. The van der Waals surface area contributed by atoms with Crippen LogP contribution in [0.25, 0.3) is 0 Å². The molecular weight excluding hydrogens is 196 g/mol. The Hall–Kier alpha value is -0.660. The van der Waals surface area contributed by atoms with E-state index in [4.69, 9.17) is 21.3 Å². The van der Waals surface area contributed by atoms with Crippen molar-refractivity contribution < 1.29 is 4.42 Å². The van der Waals surface area contributed by atoms with Gasteiger partial charge in [0.15, 0.2) is 0 Å². The predicted molar refractivity (Wildman–Crippen MR) is 47.2 cm³/mol. The Balaban J connectivity index is 2.39. The van der Waals surface area contributed by atoms with Gasteiger partial charge in [-0.3, -0.25) is 0 Å². The molecule has 1 aromatic heterocycles. The van der Waals surface area contributed by atoms with Crippen molar-refractivity contribution in [2.75, 3.05) is 5.75 Å². The molecule has 12 heavy (non-hydrogen) atoms. The van der Waals surface area contributed by atoms with E-state index in [1.807, 2.05) is 13.0 Å². The molecule has 0 amide bonds. The van der Waals surface area contributed by atoms with E-state index in [1.54, 1.807) is 6.26 Å². The van der Waals surface area contributed by atoms with E-state index in [0.717, 1.165) is 5.69 Å². The molecule has 0 aliphatic heterocycles. The van der Waals surface area contributed by atoms with Gasteiger partial charge in [-0.25, -0.2) is 4.98 Å². The van der Waals surface area contributed by atoms with Crippen LogP contribution in [0, 0.1) is 18.3 Å². The summed E-state index contributed by atoms with van der Waals surface area (Å²) in [5, 5.41) is 8.45. The van der Waals surface area contributed by atoms with Crippen molar-refractivity contribution >= 4 is 23.4 Å². The van der Waals surface area contributed by atoms with E-state index in [1.165, 1.54) is 11.8 Å².